The van der Waals surface area contributed by atoms with Gasteiger partial charge in [-0.2, -0.15) is 0 Å². The van der Waals surface area contributed by atoms with Gasteiger partial charge in [-0.25, -0.2) is 0 Å². The third-order valence-corrected chi connectivity index (χ3v) is 1.53. The van der Waals surface area contributed by atoms with Gasteiger partial charge in [0.15, 0.2) is 0 Å². The third kappa shape index (κ3) is 50.4. The molecule has 0 aromatic heterocycles. The lowest BCUT2D eigenvalue weighted by atomic mass is 10.3. The average Bonchev–Trinajstić information content (AvgIpc) is 2.04. The van der Waals surface area contributed by atoms with E-state index in [4.69, 9.17) is 9.84 Å². The molecule has 0 aromatic rings. The number of hydrogen-bond donors (Lipinski definition) is 1. The second kappa shape index (κ2) is 24.6. The molecule has 0 fully saturated rings. The highest BCUT2D eigenvalue weighted by Gasteiger charge is 1.99. The molecule has 3 heteroatoms. The van der Waals surface area contributed by atoms with Crippen LogP contribution in [0.4, 0.5) is 0 Å². The van der Waals surface area contributed by atoms with Crippen LogP contribution in [0.5, 0.6) is 0 Å². The highest BCUT2D eigenvalue weighted by atomic mass is 16.5. The third-order valence-electron chi connectivity index (χ3n) is 1.53. The van der Waals surface area contributed by atoms with E-state index in [1.807, 2.05) is 20.8 Å². The number of esters is 1. The van der Waals surface area contributed by atoms with Gasteiger partial charge in [0.25, 0.3) is 0 Å². The molecule has 0 radical (unpaired) electrons. The van der Waals surface area contributed by atoms with Crippen molar-refractivity contribution in [1.82, 2.24) is 0 Å². The summed E-state index contributed by atoms with van der Waals surface area (Å²) in [7, 11) is 0. The van der Waals surface area contributed by atoms with Crippen molar-refractivity contribution in [3.63, 3.8) is 0 Å². The Hall–Kier alpha value is -0.570. The summed E-state index contributed by atoms with van der Waals surface area (Å²) in [5.41, 5.74) is 0. The molecule has 3 nitrogen and oxygen atoms in total. The first-order valence-electron chi connectivity index (χ1n) is 4.79. The van der Waals surface area contributed by atoms with E-state index in [9.17, 15) is 4.79 Å². The first-order chi connectivity index (χ1) is 5.93. The van der Waals surface area contributed by atoms with Crippen molar-refractivity contribution in [2.24, 2.45) is 0 Å². The Morgan fingerprint density at radius 1 is 1.06 bits per heavy atom. The smallest absolute Gasteiger partial charge is 0.302 e. The van der Waals surface area contributed by atoms with Crippen molar-refractivity contribution >= 4 is 5.97 Å². The Bertz CT molecular complexity index is 123. The number of carbonyl (C=O) groups excluding carboxylic acids is 1. The second-order valence-electron chi connectivity index (χ2n) is 3.09. The molecule has 0 saturated heterocycles. The summed E-state index contributed by atoms with van der Waals surface area (Å²) in [5, 5.41) is 8.36. The first-order valence-corrected chi connectivity index (χ1v) is 4.79. The summed E-state index contributed by atoms with van der Waals surface area (Å²) in [6, 6.07) is 0. The van der Waals surface area contributed by atoms with Crippen molar-refractivity contribution in [3.05, 3.63) is 0 Å². The zero-order valence-electron chi connectivity index (χ0n) is 9.33. The monoisotopic (exact) mass is 254 g/mol. The van der Waals surface area contributed by atoms with Gasteiger partial charge in [0, 0.05) is 6.92 Å². The molecule has 0 aliphatic carbocycles. The van der Waals surface area contributed by atoms with E-state index in [0.717, 1.165) is 12.8 Å². The lowest BCUT2D eigenvalue weighted by Crippen LogP contribution is -2.09. The van der Waals surface area contributed by atoms with Crippen molar-refractivity contribution in [1.29, 1.82) is 0 Å². The minimum Gasteiger partial charge on any atom is -0.463 e. The molecule has 0 rings (SSSR count). The van der Waals surface area contributed by atoms with E-state index in [-0.39, 0.29) is 47.9 Å². The van der Waals surface area contributed by atoms with Crippen molar-refractivity contribution in [3.8, 4) is 0 Å². The standard InChI is InChI=1S/C6H12O2.C4H10O.4CH4/c1-4-5(2)8-6(3)7;1-3-4(2)5;;;;/h5H,4H2,1-3H3;4-5H,3H2,1-2H3;4*1H4. The van der Waals surface area contributed by atoms with Gasteiger partial charge in [-0.15, -0.1) is 0 Å². The van der Waals surface area contributed by atoms with Crippen LogP contribution >= 0.6 is 0 Å². The first kappa shape index (κ1) is 36.0. The van der Waals surface area contributed by atoms with Gasteiger partial charge in [-0.3, -0.25) is 4.79 Å². The van der Waals surface area contributed by atoms with Crippen LogP contribution in [0.1, 0.15) is 77.2 Å². The van der Waals surface area contributed by atoms with Gasteiger partial charge in [0.1, 0.15) is 0 Å². The zero-order chi connectivity index (χ0) is 10.9. The van der Waals surface area contributed by atoms with E-state index < -0.39 is 0 Å². The molecular formula is C14H38O3. The Morgan fingerprint density at radius 2 is 1.35 bits per heavy atom. The Morgan fingerprint density at radius 3 is 1.41 bits per heavy atom. The van der Waals surface area contributed by atoms with Gasteiger partial charge in [-0.05, 0) is 26.7 Å². The zero-order valence-corrected chi connectivity index (χ0v) is 9.33. The minimum atomic E-state index is -0.195. The maximum atomic E-state index is 10.2. The van der Waals surface area contributed by atoms with Gasteiger partial charge in [-0.1, -0.05) is 43.6 Å². The van der Waals surface area contributed by atoms with Crippen LogP contribution in [0.2, 0.25) is 0 Å². The molecule has 2 atom stereocenters. The molecule has 0 aliphatic rings. The van der Waals surface area contributed by atoms with Crippen molar-refractivity contribution < 1.29 is 14.6 Å². The molecule has 0 saturated carbocycles. The number of aliphatic hydroxyl groups excluding tert-OH is 1. The van der Waals surface area contributed by atoms with Gasteiger partial charge >= 0.3 is 5.97 Å². The number of carbonyl (C=O) groups is 1. The predicted octanol–water partition coefficient (Wildman–Crippen LogP) is 4.67. The summed E-state index contributed by atoms with van der Waals surface area (Å²) >= 11 is 0. The number of rotatable bonds is 3. The Labute approximate surface area is 111 Å². The van der Waals surface area contributed by atoms with Crippen LogP contribution in [0, 0.1) is 0 Å². The van der Waals surface area contributed by atoms with Gasteiger partial charge in [0.2, 0.25) is 0 Å². The fourth-order valence-corrected chi connectivity index (χ4v) is 0.367. The van der Waals surface area contributed by atoms with Gasteiger partial charge < -0.3 is 9.84 Å². The normalized spacial score (nSPS) is 10.5. The van der Waals surface area contributed by atoms with Crippen LogP contribution in [0.3, 0.4) is 0 Å². The summed E-state index contributed by atoms with van der Waals surface area (Å²) in [5.74, 6) is -0.195. The Balaban J connectivity index is -0.0000000306. The van der Waals surface area contributed by atoms with Crippen LogP contribution in [-0.2, 0) is 9.53 Å². The molecule has 112 valence electrons. The summed E-state index contributed by atoms with van der Waals surface area (Å²) in [4.78, 5) is 10.2. The maximum Gasteiger partial charge on any atom is 0.302 e. The maximum absolute atomic E-state index is 10.2. The average molecular weight is 254 g/mol. The number of hydrogen-bond acceptors (Lipinski definition) is 3. The second-order valence-corrected chi connectivity index (χ2v) is 3.09. The van der Waals surface area contributed by atoms with E-state index in [1.54, 1.807) is 6.92 Å². The lowest BCUT2D eigenvalue weighted by Gasteiger charge is -2.06. The molecule has 2 unspecified atom stereocenters. The summed E-state index contributed by atoms with van der Waals surface area (Å²) in [6.07, 6.45) is 1.71. The molecule has 0 spiro atoms. The van der Waals surface area contributed by atoms with E-state index >= 15 is 0 Å². The number of ether oxygens (including phenoxy) is 1. The molecule has 1 N–H and O–H groups in total. The number of aliphatic hydroxyl groups is 1. The molecule has 0 amide bonds. The van der Waals surface area contributed by atoms with E-state index in [1.165, 1.54) is 6.92 Å². The SMILES string of the molecule is C.C.C.C.CCC(C)O.CCC(C)OC(C)=O. The van der Waals surface area contributed by atoms with E-state index in [0.29, 0.717) is 0 Å². The van der Waals surface area contributed by atoms with Gasteiger partial charge in [0.05, 0.1) is 12.2 Å². The van der Waals surface area contributed by atoms with Crippen LogP contribution in [0.25, 0.3) is 0 Å². The lowest BCUT2D eigenvalue weighted by molar-refractivity contribution is -0.145. The fourth-order valence-electron chi connectivity index (χ4n) is 0.367. The largest absolute Gasteiger partial charge is 0.463 e. The molecule has 0 aliphatic heterocycles. The Kier molecular flexibility index (Phi) is 52.0. The molecular weight excluding hydrogens is 216 g/mol. The quantitative estimate of drug-likeness (QED) is 0.744. The van der Waals surface area contributed by atoms with Crippen LogP contribution in [0.15, 0.2) is 0 Å². The van der Waals surface area contributed by atoms with Crippen LogP contribution < -0.4 is 0 Å². The molecule has 0 heterocycles. The molecule has 0 bridgehead atoms. The fraction of sp³-hybridized carbons (Fsp3) is 0.929. The summed E-state index contributed by atoms with van der Waals surface area (Å²) < 4.78 is 4.76. The highest BCUT2D eigenvalue weighted by molar-refractivity contribution is 5.66. The summed E-state index contributed by atoms with van der Waals surface area (Å²) in [6.45, 7) is 9.01. The van der Waals surface area contributed by atoms with E-state index in [2.05, 4.69) is 0 Å². The predicted molar refractivity (Wildman–Crippen MR) is 80.4 cm³/mol. The van der Waals surface area contributed by atoms with Crippen molar-refractivity contribution in [2.75, 3.05) is 0 Å². The highest BCUT2D eigenvalue weighted by Crippen LogP contribution is 1.94. The van der Waals surface area contributed by atoms with Crippen molar-refractivity contribution in [2.45, 2.75) is 89.4 Å². The van der Waals surface area contributed by atoms with Crippen LogP contribution in [-0.4, -0.2) is 23.3 Å². The molecule has 17 heavy (non-hydrogen) atoms. The minimum absolute atomic E-state index is 0. The molecule has 0 aromatic carbocycles. The topological polar surface area (TPSA) is 46.5 Å².